The molecule has 0 saturated heterocycles. The Balaban J connectivity index is 0.00000156. The summed E-state index contributed by atoms with van der Waals surface area (Å²) in [5.74, 6) is 0. The number of halogens is 2. The van der Waals surface area contributed by atoms with Gasteiger partial charge in [-0.25, -0.2) is 12.4 Å². The van der Waals surface area contributed by atoms with Crippen LogP contribution in [-0.2, 0) is 16.6 Å². The van der Waals surface area contributed by atoms with E-state index in [1.54, 1.807) is 35.9 Å². The molecule has 0 bridgehead atoms. The molecule has 0 atom stereocenters. The normalized spacial score (nSPS) is 10.8. The Bertz CT molecular complexity index is 922. The molecule has 0 aliphatic heterocycles. The van der Waals surface area contributed by atoms with Gasteiger partial charge in [-0.2, -0.15) is 11.3 Å². The lowest BCUT2D eigenvalue weighted by molar-refractivity contribution is 0.587. The van der Waals surface area contributed by atoms with Crippen molar-refractivity contribution in [1.29, 1.82) is 0 Å². The van der Waals surface area contributed by atoms with E-state index in [0.29, 0.717) is 12.2 Å². The molecule has 136 valence electrons. The quantitative estimate of drug-likeness (QED) is 0.684. The maximum absolute atomic E-state index is 13.0. The number of nitrogens with zero attached hydrogens (tertiary/aromatic N) is 2. The number of pyridine rings is 1. The zero-order chi connectivity index (χ0) is 16.4. The Morgan fingerprint density at radius 2 is 2.04 bits per heavy atom. The van der Waals surface area contributed by atoms with Crippen molar-refractivity contribution >= 4 is 46.2 Å². The van der Waals surface area contributed by atoms with Crippen LogP contribution in [0.3, 0.4) is 0 Å². The van der Waals surface area contributed by atoms with Crippen molar-refractivity contribution in [1.82, 2.24) is 14.3 Å². The van der Waals surface area contributed by atoms with E-state index in [1.807, 2.05) is 30.8 Å². The maximum atomic E-state index is 13.0. The molecule has 0 spiro atoms. The van der Waals surface area contributed by atoms with Gasteiger partial charge in [0.05, 0.1) is 5.69 Å². The van der Waals surface area contributed by atoms with Gasteiger partial charge in [-0.1, -0.05) is 0 Å². The van der Waals surface area contributed by atoms with E-state index in [2.05, 4.69) is 10.3 Å². The minimum atomic E-state index is -3.68. The third kappa shape index (κ3) is 4.24. The van der Waals surface area contributed by atoms with Crippen LogP contribution < -0.4 is 5.32 Å². The number of hydrogen-bond acceptors (Lipinski definition) is 5. The highest BCUT2D eigenvalue weighted by molar-refractivity contribution is 7.90. The molecule has 25 heavy (non-hydrogen) atoms. The Morgan fingerprint density at radius 3 is 2.60 bits per heavy atom. The maximum Gasteiger partial charge on any atom is 0.269 e. The Labute approximate surface area is 164 Å². The topological polar surface area (TPSA) is 64.0 Å². The van der Waals surface area contributed by atoms with Crippen LogP contribution in [0.15, 0.2) is 52.4 Å². The number of aryl methyl sites for hydroxylation is 1. The lowest BCUT2D eigenvalue weighted by Crippen LogP contribution is -2.13. The van der Waals surface area contributed by atoms with E-state index in [0.717, 1.165) is 16.7 Å². The van der Waals surface area contributed by atoms with Gasteiger partial charge >= 0.3 is 0 Å². The molecular formula is C16H19Cl2N3O2S2. The molecule has 0 aliphatic carbocycles. The van der Waals surface area contributed by atoms with Crippen LogP contribution in [0.2, 0.25) is 0 Å². The standard InChI is InChI=1S/C16H17N3O2S2.2ClH/c1-12-10-22-11-15(12)16-6-13(7-17-2)9-19(16)23(20,21)14-4-3-5-18-8-14;;/h3-6,8-11,17H,7H2,1-2H3;2*1H. The summed E-state index contributed by atoms with van der Waals surface area (Å²) in [6.45, 7) is 2.59. The molecule has 0 fully saturated rings. The highest BCUT2D eigenvalue weighted by atomic mass is 35.5. The monoisotopic (exact) mass is 419 g/mol. The summed E-state index contributed by atoms with van der Waals surface area (Å²) < 4.78 is 27.3. The zero-order valence-electron chi connectivity index (χ0n) is 13.7. The van der Waals surface area contributed by atoms with Gasteiger partial charge in [0.1, 0.15) is 4.90 Å². The Kier molecular flexibility index (Phi) is 7.64. The van der Waals surface area contributed by atoms with Gasteiger partial charge in [-0.05, 0) is 48.7 Å². The molecule has 3 rings (SSSR count). The second-order valence-corrected chi connectivity index (χ2v) is 7.78. The Morgan fingerprint density at radius 1 is 1.28 bits per heavy atom. The Hall–Kier alpha value is -1.38. The van der Waals surface area contributed by atoms with Crippen LogP contribution in [-0.4, -0.2) is 24.4 Å². The molecule has 1 N–H and O–H groups in total. The van der Waals surface area contributed by atoms with Crippen LogP contribution in [0.4, 0.5) is 0 Å². The number of rotatable bonds is 5. The lowest BCUT2D eigenvalue weighted by Gasteiger charge is -2.10. The fourth-order valence-corrected chi connectivity index (χ4v) is 4.63. The molecule has 0 radical (unpaired) electrons. The molecule has 3 heterocycles. The van der Waals surface area contributed by atoms with Gasteiger partial charge in [-0.3, -0.25) is 4.98 Å². The number of hydrogen-bond donors (Lipinski definition) is 1. The van der Waals surface area contributed by atoms with Crippen LogP contribution in [0, 0.1) is 6.92 Å². The van der Waals surface area contributed by atoms with Gasteiger partial charge in [0.15, 0.2) is 0 Å². The summed E-state index contributed by atoms with van der Waals surface area (Å²) in [5.41, 5.74) is 3.59. The van der Waals surface area contributed by atoms with Gasteiger partial charge < -0.3 is 5.32 Å². The van der Waals surface area contributed by atoms with E-state index >= 15 is 0 Å². The smallest absolute Gasteiger partial charge is 0.269 e. The van der Waals surface area contributed by atoms with Crippen molar-refractivity contribution in [3.05, 3.63) is 58.7 Å². The third-order valence-electron chi connectivity index (χ3n) is 3.55. The summed E-state index contributed by atoms with van der Waals surface area (Å²) in [7, 11) is -1.84. The third-order valence-corrected chi connectivity index (χ3v) is 6.06. The molecule has 0 aliphatic rings. The van der Waals surface area contributed by atoms with Crippen molar-refractivity contribution < 1.29 is 8.42 Å². The summed E-state index contributed by atoms with van der Waals surface area (Å²) in [6.07, 6.45) is 4.60. The van der Waals surface area contributed by atoms with Crippen LogP contribution in [0.1, 0.15) is 11.1 Å². The van der Waals surface area contributed by atoms with Crippen molar-refractivity contribution in [3.63, 3.8) is 0 Å². The molecule has 3 aromatic heterocycles. The van der Waals surface area contributed by atoms with Gasteiger partial charge in [0.25, 0.3) is 10.0 Å². The van der Waals surface area contributed by atoms with E-state index in [-0.39, 0.29) is 29.7 Å². The van der Waals surface area contributed by atoms with E-state index in [4.69, 9.17) is 0 Å². The number of thiophene rings is 1. The second-order valence-electron chi connectivity index (χ2n) is 5.22. The SMILES string of the molecule is CNCc1cc(-c2cscc2C)n(S(=O)(=O)c2cccnc2)c1.Cl.Cl. The van der Waals surface area contributed by atoms with Gasteiger partial charge in [-0.15, -0.1) is 24.8 Å². The van der Waals surface area contributed by atoms with E-state index in [9.17, 15) is 8.42 Å². The first-order valence-corrected chi connectivity index (χ1v) is 9.47. The summed E-state index contributed by atoms with van der Waals surface area (Å²) in [6, 6.07) is 5.10. The molecule has 9 heteroatoms. The highest BCUT2D eigenvalue weighted by Crippen LogP contribution is 2.31. The number of nitrogens with one attached hydrogen (secondary N) is 1. The first-order valence-electron chi connectivity index (χ1n) is 7.08. The molecular weight excluding hydrogens is 401 g/mol. The predicted molar refractivity (Wildman–Crippen MR) is 107 cm³/mol. The predicted octanol–water partition coefficient (Wildman–Crippen LogP) is 3.72. The molecule has 0 amide bonds. The largest absolute Gasteiger partial charge is 0.316 e. The minimum Gasteiger partial charge on any atom is -0.316 e. The first-order chi connectivity index (χ1) is 11.0. The molecule has 0 saturated carbocycles. The molecule has 0 unspecified atom stereocenters. The number of aromatic nitrogens is 2. The van der Waals surface area contributed by atoms with Gasteiger partial charge in [0.2, 0.25) is 0 Å². The van der Waals surface area contributed by atoms with Crippen molar-refractivity contribution in [2.75, 3.05) is 7.05 Å². The lowest BCUT2D eigenvalue weighted by atomic mass is 10.1. The first kappa shape index (κ1) is 21.7. The van der Waals surface area contributed by atoms with E-state index < -0.39 is 10.0 Å². The van der Waals surface area contributed by atoms with Crippen molar-refractivity contribution in [2.45, 2.75) is 18.4 Å². The summed E-state index contributed by atoms with van der Waals surface area (Å²) in [4.78, 5) is 4.11. The van der Waals surface area contributed by atoms with E-state index in [1.165, 1.54) is 10.2 Å². The van der Waals surface area contributed by atoms with Crippen molar-refractivity contribution in [3.8, 4) is 11.3 Å². The van der Waals surface area contributed by atoms with Crippen LogP contribution >= 0.6 is 36.2 Å². The minimum absolute atomic E-state index is 0. The molecule has 5 nitrogen and oxygen atoms in total. The summed E-state index contributed by atoms with van der Waals surface area (Å²) in [5, 5.41) is 7.05. The highest BCUT2D eigenvalue weighted by Gasteiger charge is 2.22. The second kappa shape index (κ2) is 8.82. The summed E-state index contributed by atoms with van der Waals surface area (Å²) >= 11 is 1.56. The van der Waals surface area contributed by atoms with Crippen LogP contribution in [0.25, 0.3) is 11.3 Å². The average Bonchev–Trinajstić information content (AvgIpc) is 3.15. The zero-order valence-corrected chi connectivity index (χ0v) is 16.9. The molecule has 0 aromatic carbocycles. The van der Waals surface area contributed by atoms with Crippen molar-refractivity contribution in [2.24, 2.45) is 0 Å². The average molecular weight is 420 g/mol. The fourth-order valence-electron chi connectivity index (χ4n) is 2.43. The van der Waals surface area contributed by atoms with Gasteiger partial charge in [0, 0.05) is 36.1 Å². The van der Waals surface area contributed by atoms with Crippen LogP contribution in [0.5, 0.6) is 0 Å². The molecule has 3 aromatic rings. The fraction of sp³-hybridized carbons (Fsp3) is 0.188.